The van der Waals surface area contributed by atoms with Gasteiger partial charge in [-0.25, -0.2) is 0 Å². The number of carbonyl (C=O) groups is 1. The third-order valence-corrected chi connectivity index (χ3v) is 6.54. The number of amides is 1. The van der Waals surface area contributed by atoms with Crippen molar-refractivity contribution in [3.05, 3.63) is 111 Å². The highest BCUT2D eigenvalue weighted by Crippen LogP contribution is 2.40. The Morgan fingerprint density at radius 1 is 1.00 bits per heavy atom. The molecule has 0 bridgehead atoms. The van der Waals surface area contributed by atoms with Crippen LogP contribution in [0.1, 0.15) is 29.0 Å². The molecule has 0 saturated heterocycles. The lowest BCUT2D eigenvalue weighted by Crippen LogP contribution is -2.19. The summed E-state index contributed by atoms with van der Waals surface area (Å²) in [4.78, 5) is 26.3. The second-order valence-corrected chi connectivity index (χ2v) is 8.80. The average Bonchev–Trinajstić information content (AvgIpc) is 3.11. The van der Waals surface area contributed by atoms with E-state index in [4.69, 9.17) is 16.0 Å². The zero-order valence-electron chi connectivity index (χ0n) is 17.5. The van der Waals surface area contributed by atoms with Crippen molar-refractivity contribution in [2.45, 2.75) is 18.9 Å². The Morgan fingerprint density at radius 3 is 2.70 bits per heavy atom. The van der Waals surface area contributed by atoms with Gasteiger partial charge in [0.15, 0.2) is 5.43 Å². The molecular formula is C27H19ClN2O3. The fourth-order valence-corrected chi connectivity index (χ4v) is 4.97. The van der Waals surface area contributed by atoms with Crippen molar-refractivity contribution in [1.82, 2.24) is 4.57 Å². The topological polar surface area (TPSA) is 64.2 Å². The van der Waals surface area contributed by atoms with E-state index in [1.807, 2.05) is 36.4 Å². The average molecular weight is 455 g/mol. The molecule has 1 amide bonds. The number of anilines is 1. The SMILES string of the molecule is O=C1C[C@H](c2coc3ccc(Cl)cc3c2=O)c2cn(Cc3ccccc3)c3cccc(c23)N1. The van der Waals surface area contributed by atoms with Gasteiger partial charge in [-0.2, -0.15) is 0 Å². The maximum Gasteiger partial charge on any atom is 0.225 e. The van der Waals surface area contributed by atoms with Crippen molar-refractivity contribution in [3.8, 4) is 0 Å². The second kappa shape index (κ2) is 7.64. The lowest BCUT2D eigenvalue weighted by atomic mass is 9.89. The smallest absolute Gasteiger partial charge is 0.225 e. The monoisotopic (exact) mass is 454 g/mol. The maximum absolute atomic E-state index is 13.5. The van der Waals surface area contributed by atoms with E-state index in [1.165, 1.54) is 11.8 Å². The van der Waals surface area contributed by atoms with Crippen molar-refractivity contribution < 1.29 is 9.21 Å². The van der Waals surface area contributed by atoms with Crippen LogP contribution in [0.2, 0.25) is 5.02 Å². The fraction of sp³-hybridized carbons (Fsp3) is 0.111. The zero-order chi connectivity index (χ0) is 22.5. The van der Waals surface area contributed by atoms with Crippen molar-refractivity contribution in [3.63, 3.8) is 0 Å². The first-order chi connectivity index (χ1) is 16.1. The van der Waals surface area contributed by atoms with Gasteiger partial charge in [-0.15, -0.1) is 0 Å². The molecule has 1 aliphatic rings. The molecule has 2 aromatic heterocycles. The largest absolute Gasteiger partial charge is 0.464 e. The maximum atomic E-state index is 13.5. The van der Waals surface area contributed by atoms with E-state index in [2.05, 4.69) is 28.2 Å². The van der Waals surface area contributed by atoms with E-state index < -0.39 is 5.92 Å². The van der Waals surface area contributed by atoms with Crippen LogP contribution in [-0.4, -0.2) is 10.5 Å². The lowest BCUT2D eigenvalue weighted by Gasteiger charge is -2.14. The first kappa shape index (κ1) is 19.8. The molecule has 33 heavy (non-hydrogen) atoms. The molecule has 5 nitrogen and oxygen atoms in total. The predicted molar refractivity (Wildman–Crippen MR) is 130 cm³/mol. The van der Waals surface area contributed by atoms with Gasteiger partial charge in [0, 0.05) is 41.1 Å². The molecule has 3 heterocycles. The van der Waals surface area contributed by atoms with E-state index in [0.29, 0.717) is 28.1 Å². The summed E-state index contributed by atoms with van der Waals surface area (Å²) < 4.78 is 7.97. The molecule has 0 fully saturated rings. The van der Waals surface area contributed by atoms with E-state index in [1.54, 1.807) is 18.2 Å². The first-order valence-electron chi connectivity index (χ1n) is 10.7. The Labute approximate surface area is 194 Å². The molecule has 3 aromatic carbocycles. The van der Waals surface area contributed by atoms with Crippen molar-refractivity contribution in [2.75, 3.05) is 5.32 Å². The Bertz CT molecular complexity index is 1600. The number of rotatable bonds is 3. The van der Waals surface area contributed by atoms with Crippen LogP contribution in [0.4, 0.5) is 5.69 Å². The molecule has 5 aromatic rings. The summed E-state index contributed by atoms with van der Waals surface area (Å²) in [6, 6.07) is 21.1. The third-order valence-electron chi connectivity index (χ3n) is 6.31. The minimum atomic E-state index is -0.437. The number of nitrogens with one attached hydrogen (secondary N) is 1. The predicted octanol–water partition coefficient (Wildman–Crippen LogP) is 5.92. The van der Waals surface area contributed by atoms with Crippen molar-refractivity contribution in [1.29, 1.82) is 0 Å². The van der Waals surface area contributed by atoms with E-state index in [9.17, 15) is 9.59 Å². The van der Waals surface area contributed by atoms with Crippen LogP contribution in [0.15, 0.2) is 88.4 Å². The van der Waals surface area contributed by atoms with Crippen molar-refractivity contribution in [2.24, 2.45) is 0 Å². The summed E-state index contributed by atoms with van der Waals surface area (Å²) in [7, 11) is 0. The number of halogens is 1. The summed E-state index contributed by atoms with van der Waals surface area (Å²) in [5.41, 5.74) is 4.63. The standard InChI is InChI=1S/C27H19ClN2O3/c28-17-9-10-24-19(11-17)27(32)21(15-33-24)18-12-25(31)29-22-7-4-8-23-26(22)20(18)14-30(23)13-16-5-2-1-3-6-16/h1-11,14-15,18H,12-13H2,(H,29,31)/t18-/m0/s1. The molecular weight excluding hydrogens is 436 g/mol. The van der Waals surface area contributed by atoms with Gasteiger partial charge in [-0.3, -0.25) is 9.59 Å². The second-order valence-electron chi connectivity index (χ2n) is 8.36. The molecule has 0 saturated carbocycles. The number of nitrogens with zero attached hydrogens (tertiary/aromatic N) is 1. The van der Waals surface area contributed by atoms with Crippen LogP contribution >= 0.6 is 11.6 Å². The Morgan fingerprint density at radius 2 is 1.85 bits per heavy atom. The van der Waals surface area contributed by atoms with Crippen LogP contribution in [0, 0.1) is 0 Å². The van der Waals surface area contributed by atoms with Gasteiger partial charge in [0.2, 0.25) is 5.91 Å². The van der Waals surface area contributed by atoms with Gasteiger partial charge in [0.25, 0.3) is 0 Å². The Kier molecular flexibility index (Phi) is 4.59. The molecule has 0 spiro atoms. The van der Waals surface area contributed by atoms with Gasteiger partial charge < -0.3 is 14.3 Å². The number of hydrogen-bond donors (Lipinski definition) is 1. The third kappa shape index (κ3) is 3.33. The molecule has 6 rings (SSSR count). The van der Waals surface area contributed by atoms with Gasteiger partial charge in [0.1, 0.15) is 5.58 Å². The summed E-state index contributed by atoms with van der Waals surface area (Å²) in [5.74, 6) is -0.572. The minimum absolute atomic E-state index is 0.135. The number of benzene rings is 3. The first-order valence-corrected chi connectivity index (χ1v) is 11.1. The number of carbonyl (C=O) groups excluding carboxylic acids is 1. The Hall–Kier alpha value is -3.83. The number of aromatic nitrogens is 1. The summed E-state index contributed by atoms with van der Waals surface area (Å²) >= 11 is 6.14. The molecule has 0 aliphatic carbocycles. The van der Waals surface area contributed by atoms with Gasteiger partial charge >= 0.3 is 0 Å². The van der Waals surface area contributed by atoms with Crippen LogP contribution in [0.25, 0.3) is 21.9 Å². The summed E-state index contributed by atoms with van der Waals surface area (Å²) in [6.07, 6.45) is 3.70. The zero-order valence-corrected chi connectivity index (χ0v) is 18.3. The van der Waals surface area contributed by atoms with Gasteiger partial charge in [-0.1, -0.05) is 48.0 Å². The number of fused-ring (bicyclic) bond motifs is 1. The quantitative estimate of drug-likeness (QED) is 0.368. The van der Waals surface area contributed by atoms with E-state index in [-0.39, 0.29) is 17.8 Å². The van der Waals surface area contributed by atoms with Gasteiger partial charge in [-0.05, 0) is 41.5 Å². The molecule has 6 heteroatoms. The minimum Gasteiger partial charge on any atom is -0.464 e. The fourth-order valence-electron chi connectivity index (χ4n) is 4.80. The number of hydrogen-bond acceptors (Lipinski definition) is 3. The summed E-state index contributed by atoms with van der Waals surface area (Å²) in [6.45, 7) is 0.684. The van der Waals surface area contributed by atoms with Crippen LogP contribution in [0.5, 0.6) is 0 Å². The molecule has 0 unspecified atom stereocenters. The van der Waals surface area contributed by atoms with Gasteiger partial charge in [0.05, 0.1) is 22.9 Å². The lowest BCUT2D eigenvalue weighted by molar-refractivity contribution is -0.116. The summed E-state index contributed by atoms with van der Waals surface area (Å²) in [5, 5.41) is 4.86. The van der Waals surface area contributed by atoms with E-state index in [0.717, 1.165) is 22.2 Å². The highest BCUT2D eigenvalue weighted by Gasteiger charge is 2.30. The van der Waals surface area contributed by atoms with E-state index >= 15 is 0 Å². The molecule has 162 valence electrons. The normalized spacial score (nSPS) is 15.5. The highest BCUT2D eigenvalue weighted by atomic mass is 35.5. The molecule has 1 atom stereocenters. The molecule has 1 N–H and O–H groups in total. The van der Waals surface area contributed by atoms with Crippen molar-refractivity contribution >= 4 is 45.1 Å². The molecule has 1 aliphatic heterocycles. The van der Waals surface area contributed by atoms with Crippen LogP contribution in [0.3, 0.4) is 0 Å². The molecule has 0 radical (unpaired) electrons. The van der Waals surface area contributed by atoms with Crippen LogP contribution in [-0.2, 0) is 11.3 Å². The Balaban J connectivity index is 1.58. The van der Waals surface area contributed by atoms with Crippen LogP contribution < -0.4 is 10.7 Å². The highest BCUT2D eigenvalue weighted by molar-refractivity contribution is 6.31.